The fourth-order valence-corrected chi connectivity index (χ4v) is 3.56. The Morgan fingerprint density at radius 3 is 2.75 bits per heavy atom. The molecule has 6 heteroatoms. The lowest BCUT2D eigenvalue weighted by molar-refractivity contribution is 0.628. The Morgan fingerprint density at radius 2 is 2.20 bits per heavy atom. The zero-order valence-corrected chi connectivity index (χ0v) is 13.6. The van der Waals surface area contributed by atoms with Gasteiger partial charge in [-0.1, -0.05) is 11.6 Å². The summed E-state index contributed by atoms with van der Waals surface area (Å²) in [5, 5.41) is -0.0942. The summed E-state index contributed by atoms with van der Waals surface area (Å²) < 4.78 is 16.0. The Kier molecular flexibility index (Phi) is 3.68. The zero-order chi connectivity index (χ0) is 14.5. The molecule has 3 rings (SSSR count). The van der Waals surface area contributed by atoms with Crippen molar-refractivity contribution in [1.29, 1.82) is 0 Å². The summed E-state index contributed by atoms with van der Waals surface area (Å²) in [6.45, 7) is 2.73. The monoisotopic (exact) mass is 332 g/mol. The van der Waals surface area contributed by atoms with Crippen LogP contribution in [0.3, 0.4) is 0 Å². The number of thioether (sulfide) groups is 1. The molecule has 0 amide bonds. The molecular formula is C14H15Cl2FN2S. The lowest BCUT2D eigenvalue weighted by atomic mass is 10.3. The molecule has 1 aromatic heterocycles. The summed E-state index contributed by atoms with van der Waals surface area (Å²) in [5.41, 5.74) is 1.48. The van der Waals surface area contributed by atoms with Crippen molar-refractivity contribution in [3.63, 3.8) is 0 Å². The van der Waals surface area contributed by atoms with Crippen molar-refractivity contribution < 1.29 is 4.39 Å². The Bertz CT molecular complexity index is 665. The van der Waals surface area contributed by atoms with E-state index in [0.29, 0.717) is 5.52 Å². The smallest absolute Gasteiger partial charge is 0.144 e. The van der Waals surface area contributed by atoms with Gasteiger partial charge in [0.1, 0.15) is 11.6 Å². The zero-order valence-electron chi connectivity index (χ0n) is 11.3. The lowest BCUT2D eigenvalue weighted by Gasteiger charge is -2.17. The van der Waals surface area contributed by atoms with Crippen LogP contribution >= 0.6 is 35.0 Å². The first kappa shape index (κ1) is 14.5. The molecule has 0 radical (unpaired) electrons. The first-order valence-electron chi connectivity index (χ1n) is 6.50. The number of benzene rings is 1. The highest BCUT2D eigenvalue weighted by molar-refractivity contribution is 8.00. The van der Waals surface area contributed by atoms with Crippen molar-refractivity contribution in [1.82, 2.24) is 9.55 Å². The summed E-state index contributed by atoms with van der Waals surface area (Å²) in [7, 11) is 0. The second-order valence-electron chi connectivity index (χ2n) is 5.31. The number of hydrogen-bond acceptors (Lipinski definition) is 2. The highest BCUT2D eigenvalue weighted by atomic mass is 35.5. The predicted molar refractivity (Wildman–Crippen MR) is 84.4 cm³/mol. The maximum Gasteiger partial charge on any atom is 0.144 e. The minimum Gasteiger partial charge on any atom is -0.325 e. The van der Waals surface area contributed by atoms with Crippen LogP contribution in [-0.4, -0.2) is 20.6 Å². The second-order valence-corrected chi connectivity index (χ2v) is 7.65. The van der Waals surface area contributed by atoms with E-state index in [0.717, 1.165) is 17.9 Å². The molecule has 2 aromatic rings. The molecule has 1 unspecified atom stereocenters. The number of nitrogens with zero attached hydrogens (tertiary/aromatic N) is 2. The molecular weight excluding hydrogens is 318 g/mol. The number of fused-ring (bicyclic) bond motifs is 1. The van der Waals surface area contributed by atoms with E-state index in [-0.39, 0.29) is 15.1 Å². The highest BCUT2D eigenvalue weighted by Gasteiger charge is 2.43. The maximum atomic E-state index is 13.6. The third kappa shape index (κ3) is 2.42. The first-order chi connectivity index (χ1) is 9.46. The van der Waals surface area contributed by atoms with Gasteiger partial charge in [0.15, 0.2) is 0 Å². The Hall–Kier alpha value is -0.450. The van der Waals surface area contributed by atoms with E-state index in [4.69, 9.17) is 23.2 Å². The van der Waals surface area contributed by atoms with Crippen molar-refractivity contribution in [3.05, 3.63) is 28.8 Å². The molecule has 108 valence electrons. The van der Waals surface area contributed by atoms with E-state index in [1.54, 1.807) is 6.07 Å². The van der Waals surface area contributed by atoms with Gasteiger partial charge >= 0.3 is 0 Å². The number of rotatable bonds is 4. The molecule has 1 atom stereocenters. The lowest BCUT2D eigenvalue weighted by Crippen LogP contribution is -2.16. The summed E-state index contributed by atoms with van der Waals surface area (Å²) in [6.07, 6.45) is 4.51. The van der Waals surface area contributed by atoms with Crippen LogP contribution in [0.5, 0.6) is 0 Å². The molecule has 1 heterocycles. The van der Waals surface area contributed by atoms with Crippen LogP contribution in [-0.2, 0) is 6.54 Å². The normalized spacial score (nSPS) is 18.4. The van der Waals surface area contributed by atoms with Gasteiger partial charge in [0, 0.05) is 17.4 Å². The summed E-state index contributed by atoms with van der Waals surface area (Å²) in [4.78, 5) is 4.48. The highest BCUT2D eigenvalue weighted by Crippen LogP contribution is 2.49. The van der Waals surface area contributed by atoms with E-state index >= 15 is 0 Å². The van der Waals surface area contributed by atoms with Gasteiger partial charge in [0.25, 0.3) is 0 Å². The minimum atomic E-state index is -0.441. The number of alkyl halides is 1. The summed E-state index contributed by atoms with van der Waals surface area (Å²) >= 11 is 14.0. The molecule has 20 heavy (non-hydrogen) atoms. The van der Waals surface area contributed by atoms with E-state index in [2.05, 4.69) is 15.8 Å². The number of hydrogen-bond donors (Lipinski definition) is 0. The first-order valence-corrected chi connectivity index (χ1v) is 8.54. The van der Waals surface area contributed by atoms with Crippen LogP contribution in [0.15, 0.2) is 12.1 Å². The van der Waals surface area contributed by atoms with Crippen molar-refractivity contribution in [2.75, 3.05) is 6.26 Å². The van der Waals surface area contributed by atoms with Crippen LogP contribution in [0.2, 0.25) is 5.02 Å². The van der Waals surface area contributed by atoms with Crippen LogP contribution in [0.1, 0.15) is 31.0 Å². The van der Waals surface area contributed by atoms with E-state index < -0.39 is 5.82 Å². The van der Waals surface area contributed by atoms with Gasteiger partial charge in [0.2, 0.25) is 0 Å². The molecule has 1 aromatic carbocycles. The second kappa shape index (κ2) is 5.08. The number of imidazole rings is 1. The largest absolute Gasteiger partial charge is 0.325 e. The van der Waals surface area contributed by atoms with Gasteiger partial charge in [-0.2, -0.15) is 11.8 Å². The molecule has 1 aliphatic carbocycles. The van der Waals surface area contributed by atoms with Crippen LogP contribution in [0.4, 0.5) is 4.39 Å². The number of halogens is 3. The molecule has 0 N–H and O–H groups in total. The van der Waals surface area contributed by atoms with Crippen LogP contribution < -0.4 is 0 Å². The Balaban J connectivity index is 2.15. The molecule has 1 aliphatic rings. The minimum absolute atomic E-state index is 0.126. The van der Waals surface area contributed by atoms with Crippen LogP contribution in [0, 0.1) is 5.82 Å². The van der Waals surface area contributed by atoms with Gasteiger partial charge < -0.3 is 4.57 Å². The topological polar surface area (TPSA) is 17.8 Å². The standard InChI is InChI=1S/C14H15Cl2FN2S/c1-8(15)13-18-11-6-10(17)9(16)5-12(11)19(13)7-14(20-2)3-4-14/h5-6,8H,3-4,7H2,1-2H3. The van der Waals surface area contributed by atoms with Gasteiger partial charge in [-0.15, -0.1) is 11.6 Å². The Labute approximate surface area is 131 Å². The van der Waals surface area contributed by atoms with Gasteiger partial charge in [-0.05, 0) is 32.1 Å². The van der Waals surface area contributed by atoms with Gasteiger partial charge in [-0.3, -0.25) is 0 Å². The molecule has 2 nitrogen and oxygen atoms in total. The Morgan fingerprint density at radius 1 is 1.50 bits per heavy atom. The van der Waals surface area contributed by atoms with Crippen molar-refractivity contribution >= 4 is 46.0 Å². The third-order valence-electron chi connectivity index (χ3n) is 3.86. The molecule has 0 saturated heterocycles. The SMILES string of the molecule is CSC1(Cn2c(C(C)Cl)nc3cc(F)c(Cl)cc32)CC1. The van der Waals surface area contributed by atoms with Crippen molar-refractivity contribution in [2.45, 2.75) is 36.4 Å². The quantitative estimate of drug-likeness (QED) is 0.731. The molecule has 1 saturated carbocycles. The molecule has 0 spiro atoms. The molecule has 0 aliphatic heterocycles. The van der Waals surface area contributed by atoms with Crippen molar-refractivity contribution in [2.24, 2.45) is 0 Å². The molecule has 0 bridgehead atoms. The van der Waals surface area contributed by atoms with E-state index in [9.17, 15) is 4.39 Å². The average molecular weight is 333 g/mol. The summed E-state index contributed by atoms with van der Waals surface area (Å²) in [6, 6.07) is 3.04. The average Bonchev–Trinajstić information content (AvgIpc) is 3.10. The van der Waals surface area contributed by atoms with Crippen molar-refractivity contribution in [3.8, 4) is 0 Å². The van der Waals surface area contributed by atoms with Gasteiger partial charge in [-0.25, -0.2) is 9.37 Å². The maximum absolute atomic E-state index is 13.6. The fraction of sp³-hybridized carbons (Fsp3) is 0.500. The fourth-order valence-electron chi connectivity index (χ4n) is 2.46. The number of aromatic nitrogens is 2. The molecule has 1 fully saturated rings. The third-order valence-corrected chi connectivity index (χ3v) is 5.75. The van der Waals surface area contributed by atoms with Gasteiger partial charge in [0.05, 0.1) is 21.4 Å². The van der Waals surface area contributed by atoms with E-state index in [1.165, 1.54) is 18.9 Å². The summed E-state index contributed by atoms with van der Waals surface area (Å²) in [5.74, 6) is 0.340. The predicted octanol–water partition coefficient (Wildman–Crippen LogP) is 5.02. The van der Waals surface area contributed by atoms with Crippen LogP contribution in [0.25, 0.3) is 11.0 Å². The van der Waals surface area contributed by atoms with E-state index in [1.807, 2.05) is 18.7 Å².